The van der Waals surface area contributed by atoms with E-state index in [1.54, 1.807) is 6.92 Å². The molecule has 124 valence electrons. The van der Waals surface area contributed by atoms with E-state index in [9.17, 15) is 25.0 Å². The number of nitro benzene ring substituents is 2. The van der Waals surface area contributed by atoms with Crippen molar-refractivity contribution < 1.29 is 14.6 Å². The smallest absolute Gasteiger partial charge is 0.308 e. The van der Waals surface area contributed by atoms with Crippen molar-refractivity contribution in [3.05, 3.63) is 68.8 Å². The number of non-ortho nitro benzene ring substituents is 2. The number of benzene rings is 2. The molecule has 0 aliphatic carbocycles. The molecule has 0 atom stereocenters. The van der Waals surface area contributed by atoms with Gasteiger partial charge in [0.15, 0.2) is 0 Å². The van der Waals surface area contributed by atoms with Crippen LogP contribution in [0.15, 0.2) is 48.5 Å². The van der Waals surface area contributed by atoms with Crippen molar-refractivity contribution in [1.82, 2.24) is 0 Å². The first-order valence-electron chi connectivity index (χ1n) is 6.99. The fourth-order valence-electron chi connectivity index (χ4n) is 2.06. The molecule has 0 bridgehead atoms. The fraction of sp³-hybridized carbons (Fsp3) is 0.133. The van der Waals surface area contributed by atoms with Crippen LogP contribution < -0.4 is 10.2 Å². The Hall–Kier alpha value is -3.49. The number of nitro groups is 2. The molecule has 9 nitrogen and oxygen atoms in total. The summed E-state index contributed by atoms with van der Waals surface area (Å²) in [7, 11) is 0. The number of urea groups is 1. The molecular formula is C15H14N4O5. The van der Waals surface area contributed by atoms with Crippen LogP contribution in [0.1, 0.15) is 6.92 Å². The largest absolute Gasteiger partial charge is 0.326 e. The summed E-state index contributed by atoms with van der Waals surface area (Å²) >= 11 is 0. The van der Waals surface area contributed by atoms with Crippen LogP contribution in [-0.2, 0) is 0 Å². The Kier molecular flexibility index (Phi) is 5.05. The lowest BCUT2D eigenvalue weighted by Gasteiger charge is -2.21. The normalized spacial score (nSPS) is 10.0. The van der Waals surface area contributed by atoms with Gasteiger partial charge in [-0.2, -0.15) is 0 Å². The predicted octanol–water partition coefficient (Wildman–Crippen LogP) is 3.56. The third-order valence-electron chi connectivity index (χ3n) is 3.26. The van der Waals surface area contributed by atoms with Gasteiger partial charge in [0.25, 0.3) is 11.4 Å². The van der Waals surface area contributed by atoms with E-state index in [0.717, 1.165) is 0 Å². The fourth-order valence-corrected chi connectivity index (χ4v) is 2.06. The van der Waals surface area contributed by atoms with Crippen molar-refractivity contribution in [2.75, 3.05) is 16.8 Å². The van der Waals surface area contributed by atoms with Gasteiger partial charge in [0.2, 0.25) is 0 Å². The van der Waals surface area contributed by atoms with Crippen LogP contribution in [0, 0.1) is 20.2 Å². The van der Waals surface area contributed by atoms with Gasteiger partial charge in [0.05, 0.1) is 9.85 Å². The Bertz CT molecular complexity index is 758. The van der Waals surface area contributed by atoms with Crippen LogP contribution in [-0.4, -0.2) is 22.4 Å². The summed E-state index contributed by atoms with van der Waals surface area (Å²) < 4.78 is 0. The summed E-state index contributed by atoms with van der Waals surface area (Å²) in [6.45, 7) is 2.10. The maximum atomic E-state index is 12.3. The molecule has 2 rings (SSSR count). The highest BCUT2D eigenvalue weighted by Crippen LogP contribution is 2.21. The van der Waals surface area contributed by atoms with E-state index >= 15 is 0 Å². The van der Waals surface area contributed by atoms with Crippen LogP contribution in [0.2, 0.25) is 0 Å². The van der Waals surface area contributed by atoms with E-state index in [0.29, 0.717) is 17.9 Å². The molecule has 0 spiro atoms. The minimum atomic E-state index is -0.527. The zero-order valence-corrected chi connectivity index (χ0v) is 12.7. The van der Waals surface area contributed by atoms with Crippen molar-refractivity contribution in [2.24, 2.45) is 0 Å². The van der Waals surface area contributed by atoms with Crippen molar-refractivity contribution in [3.8, 4) is 0 Å². The molecule has 2 amide bonds. The topological polar surface area (TPSA) is 119 Å². The van der Waals surface area contributed by atoms with E-state index < -0.39 is 15.9 Å². The monoisotopic (exact) mass is 330 g/mol. The molecule has 9 heteroatoms. The highest BCUT2D eigenvalue weighted by molar-refractivity contribution is 6.01. The summed E-state index contributed by atoms with van der Waals surface area (Å²) in [6.07, 6.45) is 0. The highest BCUT2D eigenvalue weighted by atomic mass is 16.6. The number of hydrogen-bond acceptors (Lipinski definition) is 5. The SMILES string of the molecule is CCN(C(=O)Nc1ccc([N+](=O)[O-])cc1)c1ccc([N+](=O)[O-])cc1. The molecule has 24 heavy (non-hydrogen) atoms. The minimum absolute atomic E-state index is 0.0643. The Balaban J connectivity index is 2.13. The molecule has 0 aliphatic heterocycles. The molecule has 0 heterocycles. The van der Waals surface area contributed by atoms with Gasteiger partial charge in [-0.25, -0.2) is 4.79 Å². The molecule has 0 aliphatic rings. The van der Waals surface area contributed by atoms with E-state index in [1.165, 1.54) is 53.4 Å². The van der Waals surface area contributed by atoms with Crippen molar-refractivity contribution in [3.63, 3.8) is 0 Å². The number of hydrogen-bond donors (Lipinski definition) is 1. The second kappa shape index (κ2) is 7.18. The molecule has 0 radical (unpaired) electrons. The zero-order valence-electron chi connectivity index (χ0n) is 12.7. The van der Waals surface area contributed by atoms with Crippen molar-refractivity contribution in [1.29, 1.82) is 0 Å². The minimum Gasteiger partial charge on any atom is -0.308 e. The second-order valence-corrected chi connectivity index (χ2v) is 4.75. The number of nitrogens with zero attached hydrogens (tertiary/aromatic N) is 3. The molecule has 0 fully saturated rings. The van der Waals surface area contributed by atoms with Gasteiger partial charge in [-0.05, 0) is 31.2 Å². The predicted molar refractivity (Wildman–Crippen MR) is 88.2 cm³/mol. The number of amides is 2. The average Bonchev–Trinajstić information content (AvgIpc) is 2.56. The standard InChI is InChI=1S/C15H14N4O5/c1-2-17(12-7-9-14(10-8-12)19(23)24)15(20)16-11-3-5-13(6-4-11)18(21)22/h3-10H,2H2,1H3,(H,16,20). The number of anilines is 2. The van der Waals surface area contributed by atoms with Gasteiger partial charge in [-0.15, -0.1) is 0 Å². The third-order valence-corrected chi connectivity index (χ3v) is 3.26. The zero-order chi connectivity index (χ0) is 17.7. The van der Waals surface area contributed by atoms with E-state index in [4.69, 9.17) is 0 Å². The summed E-state index contributed by atoms with van der Waals surface area (Å²) in [5.41, 5.74) is 0.773. The van der Waals surface area contributed by atoms with Gasteiger partial charge < -0.3 is 5.32 Å². The first kappa shape index (κ1) is 16.9. The van der Waals surface area contributed by atoms with Crippen molar-refractivity contribution >= 4 is 28.8 Å². The molecule has 0 unspecified atom stereocenters. The molecule has 0 aromatic heterocycles. The lowest BCUT2D eigenvalue weighted by atomic mass is 10.2. The summed E-state index contributed by atoms with van der Waals surface area (Å²) in [4.78, 5) is 34.0. The van der Waals surface area contributed by atoms with Gasteiger partial charge in [-0.1, -0.05) is 0 Å². The summed E-state index contributed by atoms with van der Waals surface area (Å²) in [6, 6.07) is 10.6. The van der Waals surface area contributed by atoms with Gasteiger partial charge in [-0.3, -0.25) is 25.1 Å². The first-order chi connectivity index (χ1) is 11.4. The first-order valence-corrected chi connectivity index (χ1v) is 6.99. The Morgan fingerprint density at radius 1 is 0.958 bits per heavy atom. The molecule has 0 saturated heterocycles. The second-order valence-electron chi connectivity index (χ2n) is 4.75. The molecule has 0 saturated carbocycles. The third kappa shape index (κ3) is 3.83. The Morgan fingerprint density at radius 3 is 1.83 bits per heavy atom. The van der Waals surface area contributed by atoms with E-state index in [-0.39, 0.29) is 11.4 Å². The lowest BCUT2D eigenvalue weighted by Crippen LogP contribution is -2.34. The number of rotatable bonds is 5. The summed E-state index contributed by atoms with van der Waals surface area (Å²) in [5.74, 6) is 0. The van der Waals surface area contributed by atoms with Crippen LogP contribution in [0.5, 0.6) is 0 Å². The number of carbonyl (C=O) groups is 1. The maximum absolute atomic E-state index is 12.3. The van der Waals surface area contributed by atoms with Crippen molar-refractivity contribution in [2.45, 2.75) is 6.92 Å². The Labute approximate surface area is 136 Å². The molecule has 1 N–H and O–H groups in total. The van der Waals surface area contributed by atoms with Crippen LogP contribution in [0.4, 0.5) is 27.5 Å². The Morgan fingerprint density at radius 2 is 1.42 bits per heavy atom. The number of nitrogens with one attached hydrogen (secondary N) is 1. The lowest BCUT2D eigenvalue weighted by molar-refractivity contribution is -0.385. The number of carbonyl (C=O) groups excluding carboxylic acids is 1. The van der Waals surface area contributed by atoms with Crippen LogP contribution in [0.3, 0.4) is 0 Å². The van der Waals surface area contributed by atoms with E-state index in [1.807, 2.05) is 0 Å². The van der Waals surface area contributed by atoms with Crippen LogP contribution >= 0.6 is 0 Å². The molecule has 2 aromatic carbocycles. The highest BCUT2D eigenvalue weighted by Gasteiger charge is 2.16. The summed E-state index contributed by atoms with van der Waals surface area (Å²) in [5, 5.41) is 23.9. The molecular weight excluding hydrogens is 316 g/mol. The quantitative estimate of drug-likeness (QED) is 0.664. The molecule has 2 aromatic rings. The maximum Gasteiger partial charge on any atom is 0.326 e. The van der Waals surface area contributed by atoms with E-state index in [2.05, 4.69) is 5.32 Å². The average molecular weight is 330 g/mol. The van der Waals surface area contributed by atoms with Gasteiger partial charge in [0, 0.05) is 42.2 Å². The van der Waals surface area contributed by atoms with Crippen LogP contribution in [0.25, 0.3) is 0 Å². The van der Waals surface area contributed by atoms with Gasteiger partial charge in [0.1, 0.15) is 0 Å². The van der Waals surface area contributed by atoms with Gasteiger partial charge >= 0.3 is 6.03 Å².